The SMILES string of the molecule is CCC(C)NC(C)c1c(F)cccc1F. The van der Waals surface area contributed by atoms with E-state index in [1.54, 1.807) is 6.92 Å². The van der Waals surface area contributed by atoms with E-state index in [1.165, 1.54) is 18.2 Å². The van der Waals surface area contributed by atoms with E-state index in [9.17, 15) is 8.78 Å². The van der Waals surface area contributed by atoms with Gasteiger partial charge in [-0.3, -0.25) is 0 Å². The Morgan fingerprint density at radius 1 is 1.20 bits per heavy atom. The van der Waals surface area contributed by atoms with Crippen molar-refractivity contribution in [3.63, 3.8) is 0 Å². The first-order chi connectivity index (χ1) is 7.06. The first-order valence-electron chi connectivity index (χ1n) is 5.26. The van der Waals surface area contributed by atoms with Crippen molar-refractivity contribution in [2.24, 2.45) is 0 Å². The normalized spacial score (nSPS) is 15.0. The molecule has 0 aliphatic carbocycles. The average molecular weight is 213 g/mol. The predicted molar refractivity (Wildman–Crippen MR) is 57.7 cm³/mol. The number of rotatable bonds is 4. The molecule has 1 N–H and O–H groups in total. The Morgan fingerprint density at radius 2 is 1.73 bits per heavy atom. The van der Waals surface area contributed by atoms with E-state index in [0.29, 0.717) is 0 Å². The lowest BCUT2D eigenvalue weighted by Crippen LogP contribution is -2.29. The summed E-state index contributed by atoms with van der Waals surface area (Å²) in [6, 6.07) is 3.89. The molecule has 2 atom stereocenters. The molecule has 0 saturated heterocycles. The fourth-order valence-electron chi connectivity index (χ4n) is 1.55. The van der Waals surface area contributed by atoms with Gasteiger partial charge in [0.25, 0.3) is 0 Å². The molecule has 1 aromatic rings. The molecule has 1 rings (SSSR count). The summed E-state index contributed by atoms with van der Waals surface area (Å²) in [6.07, 6.45) is 0.931. The Balaban J connectivity index is 2.86. The zero-order chi connectivity index (χ0) is 11.4. The van der Waals surface area contributed by atoms with Gasteiger partial charge < -0.3 is 5.32 Å². The molecule has 1 aromatic carbocycles. The molecule has 0 amide bonds. The molecule has 0 aliphatic heterocycles. The van der Waals surface area contributed by atoms with Crippen LogP contribution in [0.15, 0.2) is 18.2 Å². The lowest BCUT2D eigenvalue weighted by Gasteiger charge is -2.20. The van der Waals surface area contributed by atoms with Crippen LogP contribution < -0.4 is 5.32 Å². The first-order valence-corrected chi connectivity index (χ1v) is 5.26. The third-order valence-electron chi connectivity index (χ3n) is 2.58. The van der Waals surface area contributed by atoms with Gasteiger partial charge in [-0.25, -0.2) is 8.78 Å². The molecule has 0 aliphatic rings. The van der Waals surface area contributed by atoms with Crippen LogP contribution in [0.3, 0.4) is 0 Å². The number of hydrogen-bond acceptors (Lipinski definition) is 1. The van der Waals surface area contributed by atoms with Crippen LogP contribution in [-0.4, -0.2) is 6.04 Å². The Morgan fingerprint density at radius 3 is 2.20 bits per heavy atom. The van der Waals surface area contributed by atoms with E-state index >= 15 is 0 Å². The molecule has 0 aromatic heterocycles. The van der Waals surface area contributed by atoms with Gasteiger partial charge in [-0.05, 0) is 32.4 Å². The Hall–Kier alpha value is -0.960. The van der Waals surface area contributed by atoms with Crippen molar-refractivity contribution < 1.29 is 8.78 Å². The van der Waals surface area contributed by atoms with E-state index in [-0.39, 0.29) is 17.6 Å². The van der Waals surface area contributed by atoms with E-state index in [0.717, 1.165) is 6.42 Å². The van der Waals surface area contributed by atoms with Crippen LogP contribution in [0.1, 0.15) is 38.8 Å². The van der Waals surface area contributed by atoms with Crippen molar-refractivity contribution >= 4 is 0 Å². The minimum atomic E-state index is -0.488. The zero-order valence-electron chi connectivity index (χ0n) is 9.35. The van der Waals surface area contributed by atoms with Gasteiger partial charge in [0.05, 0.1) is 0 Å². The van der Waals surface area contributed by atoms with Gasteiger partial charge in [-0.2, -0.15) is 0 Å². The maximum atomic E-state index is 13.4. The molecular weight excluding hydrogens is 196 g/mol. The van der Waals surface area contributed by atoms with Crippen LogP contribution in [0, 0.1) is 11.6 Å². The van der Waals surface area contributed by atoms with Crippen LogP contribution in [-0.2, 0) is 0 Å². The summed E-state index contributed by atoms with van der Waals surface area (Å²) < 4.78 is 26.8. The fraction of sp³-hybridized carbons (Fsp3) is 0.500. The molecule has 15 heavy (non-hydrogen) atoms. The summed E-state index contributed by atoms with van der Waals surface area (Å²) in [5.41, 5.74) is 0.123. The van der Waals surface area contributed by atoms with Crippen LogP contribution in [0.25, 0.3) is 0 Å². The fourth-order valence-corrected chi connectivity index (χ4v) is 1.55. The number of benzene rings is 1. The Bertz CT molecular complexity index is 305. The molecule has 0 saturated carbocycles. The van der Waals surface area contributed by atoms with E-state index < -0.39 is 11.6 Å². The highest BCUT2D eigenvalue weighted by Gasteiger charge is 2.16. The quantitative estimate of drug-likeness (QED) is 0.808. The molecule has 0 heterocycles. The summed E-state index contributed by atoms with van der Waals surface area (Å²) in [4.78, 5) is 0. The molecule has 2 unspecified atom stereocenters. The van der Waals surface area contributed by atoms with Crippen LogP contribution in [0.4, 0.5) is 8.78 Å². The standard InChI is InChI=1S/C12H17F2N/c1-4-8(2)15-9(3)12-10(13)6-5-7-11(12)14/h5-9,15H,4H2,1-3H3. The minimum absolute atomic E-state index is 0.123. The molecule has 84 valence electrons. The summed E-state index contributed by atoms with van der Waals surface area (Å²) in [5.74, 6) is -0.975. The summed E-state index contributed by atoms with van der Waals surface area (Å²) >= 11 is 0. The summed E-state index contributed by atoms with van der Waals surface area (Å²) in [6.45, 7) is 5.80. The second-order valence-electron chi connectivity index (χ2n) is 3.83. The Kier molecular flexibility index (Phi) is 4.21. The van der Waals surface area contributed by atoms with Crippen molar-refractivity contribution in [3.8, 4) is 0 Å². The lowest BCUT2D eigenvalue weighted by atomic mass is 10.1. The first kappa shape index (κ1) is 12.1. The third kappa shape index (κ3) is 2.99. The maximum Gasteiger partial charge on any atom is 0.130 e. The van der Waals surface area contributed by atoms with E-state index in [2.05, 4.69) is 5.32 Å². The van der Waals surface area contributed by atoms with Gasteiger partial charge in [0.15, 0.2) is 0 Å². The smallest absolute Gasteiger partial charge is 0.130 e. The average Bonchev–Trinajstić information content (AvgIpc) is 2.17. The van der Waals surface area contributed by atoms with Gasteiger partial charge in [0.1, 0.15) is 11.6 Å². The zero-order valence-corrected chi connectivity index (χ0v) is 9.35. The van der Waals surface area contributed by atoms with Crippen LogP contribution in [0.5, 0.6) is 0 Å². The third-order valence-corrected chi connectivity index (χ3v) is 2.58. The van der Waals surface area contributed by atoms with E-state index in [4.69, 9.17) is 0 Å². The number of halogens is 2. The van der Waals surface area contributed by atoms with Crippen LogP contribution in [0.2, 0.25) is 0 Å². The lowest BCUT2D eigenvalue weighted by molar-refractivity contribution is 0.435. The number of nitrogens with one attached hydrogen (secondary N) is 1. The van der Waals surface area contributed by atoms with Gasteiger partial charge in [0.2, 0.25) is 0 Å². The Labute approximate surface area is 89.5 Å². The monoisotopic (exact) mass is 213 g/mol. The highest BCUT2D eigenvalue weighted by molar-refractivity contribution is 5.22. The molecule has 0 radical (unpaired) electrons. The van der Waals surface area contributed by atoms with Crippen molar-refractivity contribution in [1.29, 1.82) is 0 Å². The highest BCUT2D eigenvalue weighted by atomic mass is 19.1. The van der Waals surface area contributed by atoms with Crippen LogP contribution >= 0.6 is 0 Å². The van der Waals surface area contributed by atoms with Gasteiger partial charge in [-0.1, -0.05) is 13.0 Å². The predicted octanol–water partition coefficient (Wildman–Crippen LogP) is 3.41. The molecule has 1 nitrogen and oxygen atoms in total. The molecule has 0 bridgehead atoms. The topological polar surface area (TPSA) is 12.0 Å². The molecule has 3 heteroatoms. The second-order valence-corrected chi connectivity index (χ2v) is 3.83. The maximum absolute atomic E-state index is 13.4. The largest absolute Gasteiger partial charge is 0.308 e. The van der Waals surface area contributed by atoms with Crippen molar-refractivity contribution in [1.82, 2.24) is 5.32 Å². The number of hydrogen-bond donors (Lipinski definition) is 1. The van der Waals surface area contributed by atoms with Gasteiger partial charge in [-0.15, -0.1) is 0 Å². The van der Waals surface area contributed by atoms with Crippen molar-refractivity contribution in [2.75, 3.05) is 0 Å². The molecule has 0 fully saturated rings. The highest BCUT2D eigenvalue weighted by Crippen LogP contribution is 2.20. The molecule has 0 spiro atoms. The van der Waals surface area contributed by atoms with E-state index in [1.807, 2.05) is 13.8 Å². The van der Waals surface area contributed by atoms with Gasteiger partial charge >= 0.3 is 0 Å². The van der Waals surface area contributed by atoms with Crippen molar-refractivity contribution in [3.05, 3.63) is 35.4 Å². The minimum Gasteiger partial charge on any atom is -0.308 e. The van der Waals surface area contributed by atoms with Gasteiger partial charge in [0, 0.05) is 17.6 Å². The summed E-state index contributed by atoms with van der Waals surface area (Å²) in [7, 11) is 0. The molecular formula is C12H17F2N. The summed E-state index contributed by atoms with van der Waals surface area (Å²) in [5, 5.41) is 3.15. The van der Waals surface area contributed by atoms with Crippen molar-refractivity contribution in [2.45, 2.75) is 39.3 Å². The second kappa shape index (κ2) is 5.21.